The molecule has 160 valence electrons. The van der Waals surface area contributed by atoms with Crippen LogP contribution in [0.15, 0.2) is 47.4 Å². The predicted octanol–water partition coefficient (Wildman–Crippen LogP) is 3.86. The van der Waals surface area contributed by atoms with Crippen LogP contribution in [0.1, 0.15) is 29.3 Å². The molecule has 6 nitrogen and oxygen atoms in total. The standard InChI is InChI=1S/C22H27N3O3S2/c1-5-16-10-8-12-18-20(16)23-22(29-18)25(15-9-14-24(2)3)21(26)17-11-6-7-13-19(17)30(4,27)28/h6-8,10-13H,5,9,14-15H2,1-4H3. The molecule has 0 aliphatic rings. The first-order chi connectivity index (χ1) is 14.2. The Morgan fingerprint density at radius 1 is 1.07 bits per heavy atom. The van der Waals surface area contributed by atoms with Gasteiger partial charge in [-0.25, -0.2) is 13.4 Å². The normalized spacial score (nSPS) is 11.9. The molecular formula is C22H27N3O3S2. The van der Waals surface area contributed by atoms with Crippen LogP contribution in [0.2, 0.25) is 0 Å². The maximum Gasteiger partial charge on any atom is 0.261 e. The molecule has 0 saturated heterocycles. The fourth-order valence-electron chi connectivity index (χ4n) is 3.34. The Hall–Kier alpha value is -2.29. The fraction of sp³-hybridized carbons (Fsp3) is 0.364. The van der Waals surface area contributed by atoms with Gasteiger partial charge in [0.25, 0.3) is 5.91 Å². The number of hydrogen-bond acceptors (Lipinski definition) is 6. The van der Waals surface area contributed by atoms with Gasteiger partial charge >= 0.3 is 0 Å². The summed E-state index contributed by atoms with van der Waals surface area (Å²) in [5.74, 6) is -0.341. The van der Waals surface area contributed by atoms with Gasteiger partial charge in [0.2, 0.25) is 0 Å². The van der Waals surface area contributed by atoms with E-state index in [2.05, 4.69) is 11.8 Å². The molecule has 3 aromatic rings. The number of thiazole rings is 1. The summed E-state index contributed by atoms with van der Waals surface area (Å²) in [6, 6.07) is 12.4. The Balaban J connectivity index is 2.07. The van der Waals surface area contributed by atoms with Gasteiger partial charge in [-0.2, -0.15) is 0 Å². The molecular weight excluding hydrogens is 418 g/mol. The number of benzene rings is 2. The number of fused-ring (bicyclic) bond motifs is 1. The Bertz CT molecular complexity index is 1150. The molecule has 0 spiro atoms. The lowest BCUT2D eigenvalue weighted by atomic mass is 10.1. The first-order valence-corrected chi connectivity index (χ1v) is 12.6. The van der Waals surface area contributed by atoms with E-state index >= 15 is 0 Å². The van der Waals surface area contributed by atoms with Gasteiger partial charge in [-0.15, -0.1) is 0 Å². The first kappa shape index (κ1) is 22.4. The molecule has 0 aliphatic heterocycles. The van der Waals surface area contributed by atoms with Crippen LogP contribution in [-0.2, 0) is 16.3 Å². The number of carbonyl (C=O) groups excluding carboxylic acids is 1. The molecule has 30 heavy (non-hydrogen) atoms. The van der Waals surface area contributed by atoms with Crippen molar-refractivity contribution in [1.82, 2.24) is 9.88 Å². The zero-order valence-electron chi connectivity index (χ0n) is 17.8. The van der Waals surface area contributed by atoms with Crippen molar-refractivity contribution in [2.75, 3.05) is 38.3 Å². The third kappa shape index (κ3) is 4.88. The van der Waals surface area contributed by atoms with Gasteiger partial charge in [-0.05, 0) is 57.2 Å². The van der Waals surface area contributed by atoms with E-state index in [-0.39, 0.29) is 16.4 Å². The minimum absolute atomic E-state index is 0.0444. The van der Waals surface area contributed by atoms with Crippen LogP contribution in [0.25, 0.3) is 10.2 Å². The van der Waals surface area contributed by atoms with E-state index in [9.17, 15) is 13.2 Å². The number of anilines is 1. The van der Waals surface area contributed by atoms with Gasteiger partial charge in [0.1, 0.15) is 0 Å². The minimum atomic E-state index is -3.54. The minimum Gasteiger partial charge on any atom is -0.309 e. The third-order valence-corrected chi connectivity index (χ3v) is 7.05. The van der Waals surface area contributed by atoms with Crippen molar-refractivity contribution in [2.24, 2.45) is 0 Å². The summed E-state index contributed by atoms with van der Waals surface area (Å²) >= 11 is 1.46. The quantitative estimate of drug-likeness (QED) is 0.527. The van der Waals surface area contributed by atoms with Crippen LogP contribution in [0.3, 0.4) is 0 Å². The van der Waals surface area contributed by atoms with Crippen LogP contribution < -0.4 is 4.90 Å². The lowest BCUT2D eigenvalue weighted by molar-refractivity contribution is 0.0983. The van der Waals surface area contributed by atoms with Crippen LogP contribution in [0.5, 0.6) is 0 Å². The zero-order valence-corrected chi connectivity index (χ0v) is 19.4. The van der Waals surface area contributed by atoms with Crippen LogP contribution >= 0.6 is 11.3 Å². The van der Waals surface area contributed by atoms with Gasteiger partial charge in [-0.1, -0.05) is 42.5 Å². The van der Waals surface area contributed by atoms with Crippen molar-refractivity contribution in [3.63, 3.8) is 0 Å². The van der Waals surface area contributed by atoms with E-state index in [1.165, 1.54) is 17.4 Å². The van der Waals surface area contributed by atoms with Gasteiger partial charge in [0, 0.05) is 12.8 Å². The molecule has 0 N–H and O–H groups in total. The Morgan fingerprint density at radius 3 is 2.47 bits per heavy atom. The maximum atomic E-state index is 13.5. The first-order valence-electron chi connectivity index (χ1n) is 9.86. The number of hydrogen-bond donors (Lipinski definition) is 0. The number of para-hydroxylation sites is 1. The number of amides is 1. The van der Waals surface area contributed by atoms with E-state index in [4.69, 9.17) is 4.98 Å². The number of aromatic nitrogens is 1. The van der Waals surface area contributed by atoms with Gasteiger partial charge in [0.05, 0.1) is 20.7 Å². The predicted molar refractivity (Wildman–Crippen MR) is 123 cm³/mol. The molecule has 8 heteroatoms. The second-order valence-corrected chi connectivity index (χ2v) is 10.5. The number of rotatable bonds is 8. The lowest BCUT2D eigenvalue weighted by Gasteiger charge is -2.22. The Labute approximate surface area is 182 Å². The van der Waals surface area contributed by atoms with Crippen molar-refractivity contribution in [2.45, 2.75) is 24.7 Å². The topological polar surface area (TPSA) is 70.6 Å². The number of nitrogens with zero attached hydrogens (tertiary/aromatic N) is 3. The summed E-state index contributed by atoms with van der Waals surface area (Å²) in [7, 11) is 0.429. The molecule has 1 amide bonds. The molecule has 0 bridgehead atoms. The number of sulfone groups is 1. The smallest absolute Gasteiger partial charge is 0.261 e. The van der Waals surface area contributed by atoms with E-state index in [1.807, 2.05) is 32.3 Å². The monoisotopic (exact) mass is 445 g/mol. The molecule has 1 aromatic heterocycles. The summed E-state index contributed by atoms with van der Waals surface area (Å²) < 4.78 is 25.5. The third-order valence-electron chi connectivity index (χ3n) is 4.85. The van der Waals surface area contributed by atoms with Crippen molar-refractivity contribution in [3.05, 3.63) is 53.6 Å². The van der Waals surface area contributed by atoms with Crippen molar-refractivity contribution < 1.29 is 13.2 Å². The maximum absolute atomic E-state index is 13.5. The zero-order chi connectivity index (χ0) is 21.9. The van der Waals surface area contributed by atoms with Gasteiger partial charge < -0.3 is 4.90 Å². The van der Waals surface area contributed by atoms with E-state index in [0.29, 0.717) is 11.7 Å². The van der Waals surface area contributed by atoms with Crippen molar-refractivity contribution in [3.8, 4) is 0 Å². The summed E-state index contributed by atoms with van der Waals surface area (Å²) in [5.41, 5.74) is 2.22. The van der Waals surface area contributed by atoms with Crippen LogP contribution in [0.4, 0.5) is 5.13 Å². The summed E-state index contributed by atoms with van der Waals surface area (Å²) in [4.78, 5) is 22.0. The van der Waals surface area contributed by atoms with Crippen molar-refractivity contribution >= 4 is 42.4 Å². The fourth-order valence-corrected chi connectivity index (χ4v) is 5.25. The second kappa shape index (κ2) is 9.24. The number of aryl methyl sites for hydroxylation is 1. The molecule has 0 fully saturated rings. The van der Waals surface area contributed by atoms with Gasteiger partial charge in [-0.3, -0.25) is 9.69 Å². The highest BCUT2D eigenvalue weighted by Crippen LogP contribution is 2.32. The second-order valence-electron chi connectivity index (χ2n) is 7.50. The molecule has 0 unspecified atom stereocenters. The average Bonchev–Trinajstić information content (AvgIpc) is 3.13. The summed E-state index contributed by atoms with van der Waals surface area (Å²) in [6.07, 6.45) is 2.73. The SMILES string of the molecule is CCc1cccc2sc(N(CCCN(C)C)C(=O)c3ccccc3S(C)(=O)=O)nc12. The van der Waals surface area contributed by atoms with Crippen molar-refractivity contribution in [1.29, 1.82) is 0 Å². The molecule has 3 rings (SSSR count). The molecule has 0 radical (unpaired) electrons. The summed E-state index contributed by atoms with van der Waals surface area (Å²) in [6.45, 7) is 3.34. The Kier molecular flexibility index (Phi) is 6.90. The summed E-state index contributed by atoms with van der Waals surface area (Å²) in [5, 5.41) is 0.595. The lowest BCUT2D eigenvalue weighted by Crippen LogP contribution is -2.34. The largest absolute Gasteiger partial charge is 0.309 e. The van der Waals surface area contributed by atoms with E-state index in [0.717, 1.165) is 41.4 Å². The Morgan fingerprint density at radius 2 is 1.80 bits per heavy atom. The molecule has 0 aliphatic carbocycles. The number of carbonyl (C=O) groups is 1. The highest BCUT2D eigenvalue weighted by molar-refractivity contribution is 7.90. The highest BCUT2D eigenvalue weighted by Gasteiger charge is 2.26. The van der Waals surface area contributed by atoms with E-state index in [1.54, 1.807) is 23.1 Å². The molecule has 0 atom stereocenters. The van der Waals surface area contributed by atoms with Crippen LogP contribution in [-0.4, -0.2) is 57.6 Å². The average molecular weight is 446 g/mol. The molecule has 1 heterocycles. The van der Waals surface area contributed by atoms with Crippen LogP contribution in [0, 0.1) is 0 Å². The van der Waals surface area contributed by atoms with Gasteiger partial charge in [0.15, 0.2) is 15.0 Å². The molecule has 2 aromatic carbocycles. The molecule has 0 saturated carbocycles. The highest BCUT2D eigenvalue weighted by atomic mass is 32.2. The van der Waals surface area contributed by atoms with E-state index < -0.39 is 9.84 Å².